The maximum atomic E-state index is 11.5. The second kappa shape index (κ2) is 4.57. The number of methoxy groups -OCH3 is 1. The maximum absolute atomic E-state index is 11.5. The molecule has 0 aliphatic rings. The summed E-state index contributed by atoms with van der Waals surface area (Å²) in [4.78, 5) is 12.2. The molecule has 1 amide bonds. The zero-order valence-corrected chi connectivity index (χ0v) is 9.48. The fraction of sp³-hybridized carbons (Fsp3) is 0.500. The van der Waals surface area contributed by atoms with Crippen molar-refractivity contribution in [3.63, 3.8) is 0 Å². The number of rotatable bonds is 4. The van der Waals surface area contributed by atoms with Gasteiger partial charge in [0, 0.05) is 13.7 Å². The lowest BCUT2D eigenvalue weighted by molar-refractivity contribution is 0.0229. The zero-order valence-electron chi connectivity index (χ0n) is 8.66. The molecule has 0 saturated carbocycles. The van der Waals surface area contributed by atoms with Crippen LogP contribution in [0.25, 0.3) is 0 Å². The van der Waals surface area contributed by atoms with Crippen LogP contribution < -0.4 is 5.32 Å². The third kappa shape index (κ3) is 3.12. The van der Waals surface area contributed by atoms with Crippen molar-refractivity contribution in [2.75, 3.05) is 13.7 Å². The number of ether oxygens (including phenoxy) is 1. The second-order valence-corrected chi connectivity index (χ2v) is 4.57. The SMILES string of the molecule is COC(C)(C)CNC(=O)c1cccs1. The molecule has 0 radical (unpaired) electrons. The van der Waals surface area contributed by atoms with Crippen molar-refractivity contribution in [2.45, 2.75) is 19.4 Å². The van der Waals surface area contributed by atoms with Crippen LogP contribution in [0.4, 0.5) is 0 Å². The monoisotopic (exact) mass is 213 g/mol. The van der Waals surface area contributed by atoms with Crippen molar-refractivity contribution in [1.82, 2.24) is 5.32 Å². The van der Waals surface area contributed by atoms with E-state index in [4.69, 9.17) is 4.74 Å². The molecular formula is C10H15NO2S. The molecule has 0 fully saturated rings. The lowest BCUT2D eigenvalue weighted by atomic mass is 10.1. The van der Waals surface area contributed by atoms with Crippen LogP contribution in [-0.4, -0.2) is 25.2 Å². The van der Waals surface area contributed by atoms with Crippen molar-refractivity contribution >= 4 is 17.2 Å². The molecule has 0 spiro atoms. The molecular weight excluding hydrogens is 198 g/mol. The lowest BCUT2D eigenvalue weighted by Gasteiger charge is -2.22. The number of thiophene rings is 1. The lowest BCUT2D eigenvalue weighted by Crippen LogP contribution is -2.39. The molecule has 0 aliphatic carbocycles. The molecule has 14 heavy (non-hydrogen) atoms. The molecule has 1 rings (SSSR count). The summed E-state index contributed by atoms with van der Waals surface area (Å²) in [6.45, 7) is 4.38. The summed E-state index contributed by atoms with van der Waals surface area (Å²) in [6.07, 6.45) is 0. The Morgan fingerprint density at radius 3 is 2.86 bits per heavy atom. The Bertz CT molecular complexity index is 293. The number of carbonyl (C=O) groups excluding carboxylic acids is 1. The highest BCUT2D eigenvalue weighted by Gasteiger charge is 2.17. The van der Waals surface area contributed by atoms with E-state index in [1.54, 1.807) is 13.2 Å². The minimum atomic E-state index is -0.313. The predicted octanol–water partition coefficient (Wildman–Crippen LogP) is 1.90. The Kier molecular flexibility index (Phi) is 3.66. The van der Waals surface area contributed by atoms with Crippen LogP contribution in [0.2, 0.25) is 0 Å². The second-order valence-electron chi connectivity index (χ2n) is 3.62. The van der Waals surface area contributed by atoms with Crippen molar-refractivity contribution < 1.29 is 9.53 Å². The van der Waals surface area contributed by atoms with Crippen molar-refractivity contribution in [2.24, 2.45) is 0 Å². The first-order chi connectivity index (χ1) is 6.55. The topological polar surface area (TPSA) is 38.3 Å². The molecule has 3 nitrogen and oxygen atoms in total. The molecule has 0 unspecified atom stereocenters. The van der Waals surface area contributed by atoms with E-state index in [0.29, 0.717) is 6.54 Å². The highest BCUT2D eigenvalue weighted by atomic mass is 32.1. The van der Waals surface area contributed by atoms with Gasteiger partial charge in [-0.15, -0.1) is 11.3 Å². The van der Waals surface area contributed by atoms with Gasteiger partial charge in [-0.05, 0) is 25.3 Å². The van der Waals surface area contributed by atoms with Gasteiger partial charge in [0.25, 0.3) is 5.91 Å². The summed E-state index contributed by atoms with van der Waals surface area (Å²) >= 11 is 1.44. The van der Waals surface area contributed by atoms with Crippen LogP contribution in [0.3, 0.4) is 0 Å². The van der Waals surface area contributed by atoms with E-state index in [1.165, 1.54) is 11.3 Å². The van der Waals surface area contributed by atoms with E-state index in [-0.39, 0.29) is 11.5 Å². The van der Waals surface area contributed by atoms with Gasteiger partial charge in [-0.25, -0.2) is 0 Å². The van der Waals surface area contributed by atoms with Gasteiger partial charge in [-0.2, -0.15) is 0 Å². The summed E-state index contributed by atoms with van der Waals surface area (Å²) in [5, 5.41) is 4.71. The number of hydrogen-bond donors (Lipinski definition) is 1. The fourth-order valence-electron chi connectivity index (χ4n) is 0.860. The van der Waals surface area contributed by atoms with Gasteiger partial charge in [0.15, 0.2) is 0 Å². The van der Waals surface area contributed by atoms with Gasteiger partial charge >= 0.3 is 0 Å². The third-order valence-corrected chi connectivity index (χ3v) is 2.84. The molecule has 1 aromatic heterocycles. The molecule has 0 atom stereocenters. The van der Waals surface area contributed by atoms with Crippen molar-refractivity contribution in [3.8, 4) is 0 Å². The zero-order chi connectivity index (χ0) is 10.6. The Hall–Kier alpha value is -0.870. The third-order valence-electron chi connectivity index (χ3n) is 1.97. The maximum Gasteiger partial charge on any atom is 0.261 e. The summed E-state index contributed by atoms with van der Waals surface area (Å²) in [5.74, 6) is -0.0369. The Balaban J connectivity index is 2.43. The van der Waals surface area contributed by atoms with Crippen LogP contribution in [0, 0.1) is 0 Å². The molecule has 1 heterocycles. The first kappa shape index (κ1) is 11.2. The van der Waals surface area contributed by atoms with E-state index < -0.39 is 0 Å². The van der Waals surface area contributed by atoms with E-state index in [9.17, 15) is 4.79 Å². The normalized spacial score (nSPS) is 11.4. The van der Waals surface area contributed by atoms with Gasteiger partial charge in [0.2, 0.25) is 0 Å². The first-order valence-electron chi connectivity index (χ1n) is 4.42. The van der Waals surface area contributed by atoms with Crippen LogP contribution in [0.5, 0.6) is 0 Å². The van der Waals surface area contributed by atoms with Crippen LogP contribution in [0.15, 0.2) is 17.5 Å². The molecule has 78 valence electrons. The van der Waals surface area contributed by atoms with Gasteiger partial charge in [0.1, 0.15) is 0 Å². The molecule has 0 aliphatic heterocycles. The molecule has 1 aromatic rings. The Morgan fingerprint density at radius 2 is 2.36 bits per heavy atom. The summed E-state index contributed by atoms with van der Waals surface area (Å²) in [5.41, 5.74) is -0.313. The Morgan fingerprint density at radius 1 is 1.64 bits per heavy atom. The van der Waals surface area contributed by atoms with Crippen molar-refractivity contribution in [3.05, 3.63) is 22.4 Å². The smallest absolute Gasteiger partial charge is 0.261 e. The van der Waals surface area contributed by atoms with Gasteiger partial charge in [-0.3, -0.25) is 4.79 Å². The minimum Gasteiger partial charge on any atom is -0.377 e. The quantitative estimate of drug-likeness (QED) is 0.829. The number of hydrogen-bond acceptors (Lipinski definition) is 3. The first-order valence-corrected chi connectivity index (χ1v) is 5.30. The Labute approximate surface area is 88.1 Å². The standard InChI is InChI=1S/C10H15NO2S/c1-10(2,13-3)7-11-9(12)8-5-4-6-14-8/h4-6H,7H2,1-3H3,(H,11,12). The number of carbonyl (C=O) groups is 1. The van der Waals surface area contributed by atoms with Crippen LogP contribution in [0.1, 0.15) is 23.5 Å². The molecule has 1 N–H and O–H groups in total. The van der Waals surface area contributed by atoms with Crippen molar-refractivity contribution in [1.29, 1.82) is 0 Å². The van der Waals surface area contributed by atoms with Gasteiger partial charge < -0.3 is 10.1 Å². The van der Waals surface area contributed by atoms with E-state index in [1.807, 2.05) is 25.3 Å². The average molecular weight is 213 g/mol. The highest BCUT2D eigenvalue weighted by molar-refractivity contribution is 7.12. The average Bonchev–Trinajstić information content (AvgIpc) is 2.67. The van der Waals surface area contributed by atoms with E-state index >= 15 is 0 Å². The van der Waals surface area contributed by atoms with Gasteiger partial charge in [-0.1, -0.05) is 6.07 Å². The largest absolute Gasteiger partial charge is 0.377 e. The number of amides is 1. The van der Waals surface area contributed by atoms with E-state index in [2.05, 4.69) is 5.32 Å². The summed E-state index contributed by atoms with van der Waals surface area (Å²) < 4.78 is 5.19. The van der Waals surface area contributed by atoms with E-state index in [0.717, 1.165) is 4.88 Å². The fourth-order valence-corrected chi connectivity index (χ4v) is 1.50. The highest BCUT2D eigenvalue weighted by Crippen LogP contribution is 2.09. The molecule has 0 saturated heterocycles. The molecule has 0 aromatic carbocycles. The summed E-state index contributed by atoms with van der Waals surface area (Å²) in [7, 11) is 1.64. The summed E-state index contributed by atoms with van der Waals surface area (Å²) in [6, 6.07) is 3.67. The minimum absolute atomic E-state index is 0.0369. The number of nitrogens with one attached hydrogen (secondary N) is 1. The van der Waals surface area contributed by atoms with Gasteiger partial charge in [0.05, 0.1) is 10.5 Å². The van der Waals surface area contributed by atoms with Crippen LogP contribution >= 0.6 is 11.3 Å². The van der Waals surface area contributed by atoms with Crippen LogP contribution in [-0.2, 0) is 4.74 Å². The molecule has 4 heteroatoms. The predicted molar refractivity (Wildman–Crippen MR) is 57.7 cm³/mol. The molecule has 0 bridgehead atoms.